The number of rotatable bonds is 5. The maximum atomic E-state index is 13.2. The predicted octanol–water partition coefficient (Wildman–Crippen LogP) is 1.10. The summed E-state index contributed by atoms with van der Waals surface area (Å²) in [7, 11) is 1.91. The normalized spacial score (nSPS) is 13.1. The van der Waals surface area contributed by atoms with Gasteiger partial charge in [-0.2, -0.15) is 0 Å². The molecule has 0 saturated heterocycles. The molecule has 1 atom stereocenters. The zero-order valence-electron chi connectivity index (χ0n) is 9.78. The first kappa shape index (κ1) is 13.1. The zero-order valence-corrected chi connectivity index (χ0v) is 9.78. The van der Waals surface area contributed by atoms with E-state index >= 15 is 0 Å². The molecule has 1 rings (SSSR count). The maximum Gasteiger partial charge on any atom is 0.127 e. The Kier molecular flexibility index (Phi) is 4.86. The Morgan fingerprint density at radius 3 is 2.75 bits per heavy atom. The lowest BCUT2D eigenvalue weighted by Gasteiger charge is -2.18. The Morgan fingerprint density at radius 2 is 2.19 bits per heavy atom. The molecule has 1 aromatic carbocycles. The summed E-state index contributed by atoms with van der Waals surface area (Å²) in [6.45, 7) is 3.22. The van der Waals surface area contributed by atoms with E-state index in [1.165, 1.54) is 6.07 Å². The van der Waals surface area contributed by atoms with Gasteiger partial charge in [-0.25, -0.2) is 4.39 Å². The van der Waals surface area contributed by atoms with Crippen LogP contribution in [0.15, 0.2) is 18.2 Å². The van der Waals surface area contributed by atoms with Crippen LogP contribution >= 0.6 is 0 Å². The number of aliphatic hydroxyl groups excluding tert-OH is 1. The van der Waals surface area contributed by atoms with Gasteiger partial charge in [0.1, 0.15) is 5.82 Å². The Hall–Kier alpha value is -0.970. The number of aliphatic hydroxyl groups is 1. The van der Waals surface area contributed by atoms with Crippen molar-refractivity contribution in [2.45, 2.75) is 26.1 Å². The van der Waals surface area contributed by atoms with E-state index < -0.39 is 0 Å². The van der Waals surface area contributed by atoms with Crippen molar-refractivity contribution >= 4 is 0 Å². The first-order valence-electron chi connectivity index (χ1n) is 5.37. The van der Waals surface area contributed by atoms with Crippen molar-refractivity contribution in [2.75, 3.05) is 13.6 Å². The van der Waals surface area contributed by atoms with Gasteiger partial charge >= 0.3 is 0 Å². The second-order valence-corrected chi connectivity index (χ2v) is 4.18. The van der Waals surface area contributed by atoms with Gasteiger partial charge in [0.2, 0.25) is 0 Å². The van der Waals surface area contributed by atoms with Crippen LogP contribution in [0.3, 0.4) is 0 Å². The fraction of sp³-hybridized carbons (Fsp3) is 0.500. The van der Waals surface area contributed by atoms with Gasteiger partial charge < -0.3 is 10.8 Å². The van der Waals surface area contributed by atoms with Crippen LogP contribution in [0.2, 0.25) is 0 Å². The molecule has 0 saturated carbocycles. The average Bonchev–Trinajstić information content (AvgIpc) is 2.19. The highest BCUT2D eigenvalue weighted by molar-refractivity contribution is 5.24. The molecule has 0 aromatic heterocycles. The Balaban J connectivity index is 2.67. The van der Waals surface area contributed by atoms with Crippen molar-refractivity contribution in [1.29, 1.82) is 0 Å². The zero-order chi connectivity index (χ0) is 12.1. The molecule has 0 amide bonds. The van der Waals surface area contributed by atoms with E-state index in [1.807, 2.05) is 11.9 Å². The molecule has 0 radical (unpaired) electrons. The minimum atomic E-state index is -0.362. The molecule has 0 heterocycles. The molecule has 0 aliphatic carbocycles. The second-order valence-electron chi connectivity index (χ2n) is 4.18. The lowest BCUT2D eigenvalue weighted by Crippen LogP contribution is -2.26. The fourth-order valence-electron chi connectivity index (χ4n) is 1.71. The number of benzene rings is 1. The molecule has 0 fully saturated rings. The molecule has 0 bridgehead atoms. The van der Waals surface area contributed by atoms with Crippen LogP contribution in [0.4, 0.5) is 4.39 Å². The molecule has 0 aliphatic heterocycles. The lowest BCUT2D eigenvalue weighted by molar-refractivity contribution is 0.138. The topological polar surface area (TPSA) is 49.5 Å². The van der Waals surface area contributed by atoms with E-state index in [-0.39, 0.29) is 18.5 Å². The van der Waals surface area contributed by atoms with Gasteiger partial charge in [0.25, 0.3) is 0 Å². The van der Waals surface area contributed by atoms with Crippen molar-refractivity contribution in [2.24, 2.45) is 5.73 Å². The molecule has 0 spiro atoms. The summed E-state index contributed by atoms with van der Waals surface area (Å²) < 4.78 is 13.2. The number of nitrogens with zero attached hydrogens (tertiary/aromatic N) is 1. The van der Waals surface area contributed by atoms with Gasteiger partial charge in [0.15, 0.2) is 0 Å². The SMILES string of the molecule is CC(O)CN(C)Cc1ccc(F)c(CN)c1. The summed E-state index contributed by atoms with van der Waals surface area (Å²) in [5, 5.41) is 9.22. The van der Waals surface area contributed by atoms with Crippen LogP contribution in [-0.4, -0.2) is 29.7 Å². The van der Waals surface area contributed by atoms with E-state index in [0.29, 0.717) is 18.7 Å². The van der Waals surface area contributed by atoms with Gasteiger partial charge in [-0.3, -0.25) is 4.90 Å². The molecule has 3 nitrogen and oxygen atoms in total. The average molecular weight is 226 g/mol. The third-order valence-corrected chi connectivity index (χ3v) is 2.36. The Bertz CT molecular complexity index is 342. The summed E-state index contributed by atoms with van der Waals surface area (Å²) in [4.78, 5) is 1.98. The summed E-state index contributed by atoms with van der Waals surface area (Å²) in [5.41, 5.74) is 6.97. The molecule has 16 heavy (non-hydrogen) atoms. The highest BCUT2D eigenvalue weighted by Gasteiger charge is 2.06. The third-order valence-electron chi connectivity index (χ3n) is 2.36. The molecular weight excluding hydrogens is 207 g/mol. The summed E-state index contributed by atoms with van der Waals surface area (Å²) in [5.74, 6) is -0.260. The van der Waals surface area contributed by atoms with Crippen LogP contribution in [0, 0.1) is 5.82 Å². The van der Waals surface area contributed by atoms with Crippen LogP contribution in [0.25, 0.3) is 0 Å². The van der Waals surface area contributed by atoms with Crippen LogP contribution in [0.1, 0.15) is 18.1 Å². The van der Waals surface area contributed by atoms with Gasteiger partial charge in [0.05, 0.1) is 6.10 Å². The van der Waals surface area contributed by atoms with Crippen molar-refractivity contribution in [3.05, 3.63) is 35.1 Å². The molecule has 3 N–H and O–H groups in total. The quantitative estimate of drug-likeness (QED) is 0.790. The number of halogens is 1. The molecule has 4 heteroatoms. The minimum absolute atomic E-state index is 0.208. The van der Waals surface area contributed by atoms with Crippen LogP contribution in [-0.2, 0) is 13.1 Å². The van der Waals surface area contributed by atoms with Gasteiger partial charge in [0, 0.05) is 25.2 Å². The van der Waals surface area contributed by atoms with Crippen molar-refractivity contribution in [1.82, 2.24) is 4.90 Å². The molecule has 90 valence electrons. The van der Waals surface area contributed by atoms with Crippen molar-refractivity contribution < 1.29 is 9.50 Å². The smallest absolute Gasteiger partial charge is 0.127 e. The largest absolute Gasteiger partial charge is 0.392 e. The first-order chi connectivity index (χ1) is 7.52. The first-order valence-corrected chi connectivity index (χ1v) is 5.37. The van der Waals surface area contributed by atoms with E-state index in [0.717, 1.165) is 5.56 Å². The summed E-state index contributed by atoms with van der Waals surface area (Å²) >= 11 is 0. The summed E-state index contributed by atoms with van der Waals surface area (Å²) in [6.07, 6.45) is -0.362. The van der Waals surface area contributed by atoms with E-state index in [1.54, 1.807) is 19.1 Å². The molecule has 1 aromatic rings. The number of hydrogen-bond donors (Lipinski definition) is 2. The second kappa shape index (κ2) is 5.94. The van der Waals surface area contributed by atoms with Crippen LogP contribution in [0.5, 0.6) is 0 Å². The lowest BCUT2D eigenvalue weighted by atomic mass is 10.1. The van der Waals surface area contributed by atoms with Crippen molar-refractivity contribution in [3.63, 3.8) is 0 Å². The standard InChI is InChI=1S/C12H19FN2O/c1-9(16)7-15(2)8-10-3-4-12(13)11(5-10)6-14/h3-5,9,16H,6-8,14H2,1-2H3. The molecule has 0 aliphatic rings. The summed E-state index contributed by atoms with van der Waals surface area (Å²) in [6, 6.07) is 4.95. The predicted molar refractivity (Wildman–Crippen MR) is 62.3 cm³/mol. The van der Waals surface area contributed by atoms with E-state index in [4.69, 9.17) is 5.73 Å². The van der Waals surface area contributed by atoms with Gasteiger partial charge in [-0.05, 0) is 25.6 Å². The Morgan fingerprint density at radius 1 is 1.50 bits per heavy atom. The third kappa shape index (κ3) is 3.89. The van der Waals surface area contributed by atoms with Gasteiger partial charge in [-0.15, -0.1) is 0 Å². The molecular formula is C12H19FN2O. The Labute approximate surface area is 95.7 Å². The maximum absolute atomic E-state index is 13.2. The highest BCUT2D eigenvalue weighted by atomic mass is 19.1. The fourth-order valence-corrected chi connectivity index (χ4v) is 1.71. The van der Waals surface area contributed by atoms with E-state index in [9.17, 15) is 9.50 Å². The monoisotopic (exact) mass is 226 g/mol. The number of hydrogen-bond acceptors (Lipinski definition) is 3. The minimum Gasteiger partial charge on any atom is -0.392 e. The number of likely N-dealkylation sites (N-methyl/N-ethyl adjacent to an activating group) is 1. The molecule has 1 unspecified atom stereocenters. The van der Waals surface area contributed by atoms with Crippen LogP contribution < -0.4 is 5.73 Å². The number of nitrogens with two attached hydrogens (primary N) is 1. The van der Waals surface area contributed by atoms with Gasteiger partial charge in [-0.1, -0.05) is 12.1 Å². The van der Waals surface area contributed by atoms with Crippen molar-refractivity contribution in [3.8, 4) is 0 Å². The highest BCUT2D eigenvalue weighted by Crippen LogP contribution is 2.11. The van der Waals surface area contributed by atoms with E-state index in [2.05, 4.69) is 0 Å².